The van der Waals surface area contributed by atoms with Crippen LogP contribution < -0.4 is 19.3 Å². The van der Waals surface area contributed by atoms with Gasteiger partial charge in [0.15, 0.2) is 0 Å². The highest BCUT2D eigenvalue weighted by Gasteiger charge is 2.35. The summed E-state index contributed by atoms with van der Waals surface area (Å²) in [6.07, 6.45) is 2.09. The average Bonchev–Trinajstić information content (AvgIpc) is 3.43. The Kier molecular flexibility index (Phi) is 8.77. The van der Waals surface area contributed by atoms with Crippen LogP contribution in [0.5, 0.6) is 17.2 Å². The molecule has 4 aromatic carbocycles. The van der Waals surface area contributed by atoms with E-state index >= 15 is 4.39 Å². The van der Waals surface area contributed by atoms with Crippen LogP contribution in [0.25, 0.3) is 0 Å². The quantitative estimate of drug-likeness (QED) is 0.241. The Morgan fingerprint density at radius 3 is 2.48 bits per heavy atom. The summed E-state index contributed by atoms with van der Waals surface area (Å²) < 4.78 is 27.7. The van der Waals surface area contributed by atoms with E-state index in [2.05, 4.69) is 39.0 Å². The molecule has 2 unspecified atom stereocenters. The maximum Gasteiger partial charge on any atom is 0.254 e. The molecule has 2 saturated heterocycles. The first-order valence-corrected chi connectivity index (χ1v) is 17.8. The minimum atomic E-state index is -0.198. The number of piperazine rings is 1. The van der Waals surface area contributed by atoms with Crippen LogP contribution in [0.2, 0.25) is 0 Å². The van der Waals surface area contributed by atoms with Gasteiger partial charge in [0.2, 0.25) is 0 Å². The minimum absolute atomic E-state index is 0.0499. The van der Waals surface area contributed by atoms with Crippen molar-refractivity contribution in [3.8, 4) is 17.2 Å². The van der Waals surface area contributed by atoms with E-state index in [9.17, 15) is 9.90 Å². The predicted molar refractivity (Wildman–Crippen MR) is 193 cm³/mol. The standard InChI is InChI=1S/C41H45FN4O4/c1-43-25-30-20-31(7-9-34(30)41(43)48)45-18-16-44(17-19-45)24-27-12-14-46(15-13-27)38-11-6-29(22-37(38)42)40-35-10-8-32(47)23-39(35)50-26-36(40)28-4-3-5-33(21-28)49-2/h3-11,20-23,27,36,40,47H,12-19,24-26H2,1-2H3. The van der Waals surface area contributed by atoms with Crippen LogP contribution in [0.3, 0.4) is 0 Å². The molecule has 4 aromatic rings. The Balaban J connectivity index is 0.904. The van der Waals surface area contributed by atoms with Crippen LogP contribution in [0.15, 0.2) is 78.9 Å². The number of anilines is 2. The summed E-state index contributed by atoms with van der Waals surface area (Å²) in [5.74, 6) is 1.88. The third kappa shape index (κ3) is 6.23. The monoisotopic (exact) mass is 676 g/mol. The molecule has 9 heteroatoms. The second kappa shape index (κ2) is 13.5. The number of benzene rings is 4. The van der Waals surface area contributed by atoms with Crippen LogP contribution in [0.4, 0.5) is 15.8 Å². The molecule has 2 atom stereocenters. The topological polar surface area (TPSA) is 68.7 Å². The highest BCUT2D eigenvalue weighted by atomic mass is 19.1. The van der Waals surface area contributed by atoms with Crippen molar-refractivity contribution in [1.82, 2.24) is 9.80 Å². The van der Waals surface area contributed by atoms with Gasteiger partial charge in [0.05, 0.1) is 19.4 Å². The largest absolute Gasteiger partial charge is 0.508 e. The summed E-state index contributed by atoms with van der Waals surface area (Å²) in [5, 5.41) is 10.1. The molecule has 2 fully saturated rings. The average molecular weight is 677 g/mol. The van der Waals surface area contributed by atoms with E-state index in [1.54, 1.807) is 30.2 Å². The molecule has 4 aliphatic rings. The molecule has 4 aliphatic heterocycles. The van der Waals surface area contributed by atoms with Crippen molar-refractivity contribution >= 4 is 17.3 Å². The fourth-order valence-electron chi connectivity index (χ4n) is 8.50. The molecule has 1 amide bonds. The van der Waals surface area contributed by atoms with Gasteiger partial charge in [-0.05, 0) is 84.0 Å². The fraction of sp³-hybridized carbons (Fsp3) is 0.390. The number of phenolic OH excluding ortho intramolecular Hbond substituents is 1. The van der Waals surface area contributed by atoms with Crippen molar-refractivity contribution in [1.29, 1.82) is 0 Å². The number of aromatic hydroxyl groups is 1. The van der Waals surface area contributed by atoms with Crippen LogP contribution >= 0.6 is 0 Å². The molecule has 0 bridgehead atoms. The number of amides is 1. The lowest BCUT2D eigenvalue weighted by Gasteiger charge is -2.40. The molecule has 4 heterocycles. The summed E-state index contributed by atoms with van der Waals surface area (Å²) in [5.41, 5.74) is 6.74. The van der Waals surface area contributed by atoms with Crippen molar-refractivity contribution in [3.63, 3.8) is 0 Å². The maximum atomic E-state index is 16.1. The number of carbonyl (C=O) groups excluding carboxylic acids is 1. The second-order valence-electron chi connectivity index (χ2n) is 14.3. The molecule has 1 N–H and O–H groups in total. The lowest BCUT2D eigenvalue weighted by molar-refractivity contribution is 0.0816. The first kappa shape index (κ1) is 32.4. The van der Waals surface area contributed by atoms with Crippen molar-refractivity contribution in [2.45, 2.75) is 31.2 Å². The van der Waals surface area contributed by atoms with Crippen LogP contribution in [-0.4, -0.2) is 87.4 Å². The van der Waals surface area contributed by atoms with E-state index in [-0.39, 0.29) is 29.3 Å². The van der Waals surface area contributed by atoms with E-state index in [0.717, 1.165) is 92.2 Å². The summed E-state index contributed by atoms with van der Waals surface area (Å²) >= 11 is 0. The van der Waals surface area contributed by atoms with E-state index in [4.69, 9.17) is 9.47 Å². The molecule has 0 aliphatic carbocycles. The Morgan fingerprint density at radius 1 is 0.880 bits per heavy atom. The molecular formula is C41H45FN4O4. The lowest BCUT2D eigenvalue weighted by atomic mass is 9.75. The number of fused-ring (bicyclic) bond motifs is 2. The van der Waals surface area contributed by atoms with Crippen molar-refractivity contribution in [2.24, 2.45) is 5.92 Å². The molecule has 0 aromatic heterocycles. The number of carbonyl (C=O) groups is 1. The van der Waals surface area contributed by atoms with Gasteiger partial charge in [-0.25, -0.2) is 4.39 Å². The smallest absolute Gasteiger partial charge is 0.254 e. The van der Waals surface area contributed by atoms with Crippen LogP contribution in [0, 0.1) is 11.7 Å². The molecule has 0 saturated carbocycles. The van der Waals surface area contributed by atoms with Gasteiger partial charge in [-0.3, -0.25) is 9.69 Å². The SMILES string of the molecule is COc1cccc(C2COc3cc(O)ccc3C2c2ccc(N3CCC(CN4CCN(c5ccc6c(c5)CN(C)C6=O)CC4)CC3)c(F)c2)c1. The van der Waals surface area contributed by atoms with Gasteiger partial charge in [-0.15, -0.1) is 0 Å². The number of piperidine rings is 1. The Hall–Kier alpha value is -4.76. The Bertz CT molecular complexity index is 1880. The fourth-order valence-corrected chi connectivity index (χ4v) is 8.50. The lowest BCUT2D eigenvalue weighted by Crippen LogP contribution is -2.49. The van der Waals surface area contributed by atoms with Gasteiger partial charge < -0.3 is 29.3 Å². The summed E-state index contributed by atoms with van der Waals surface area (Å²) in [6.45, 7) is 7.88. The number of hydrogen-bond acceptors (Lipinski definition) is 7. The van der Waals surface area contributed by atoms with Crippen molar-refractivity contribution < 1.29 is 23.8 Å². The highest BCUT2D eigenvalue weighted by Crippen LogP contribution is 2.48. The third-order valence-corrected chi connectivity index (χ3v) is 11.3. The molecule has 8 rings (SSSR count). The summed E-state index contributed by atoms with van der Waals surface area (Å²) in [6, 6.07) is 25.2. The van der Waals surface area contributed by atoms with Crippen LogP contribution in [0.1, 0.15) is 57.3 Å². The zero-order valence-electron chi connectivity index (χ0n) is 28.9. The van der Waals surface area contributed by atoms with Gasteiger partial charge in [0.25, 0.3) is 5.91 Å². The summed E-state index contributed by atoms with van der Waals surface area (Å²) in [7, 11) is 3.52. The molecule has 260 valence electrons. The first-order chi connectivity index (χ1) is 24.3. The van der Waals surface area contributed by atoms with Crippen molar-refractivity contribution in [2.75, 3.05) is 76.4 Å². The number of ether oxygens (including phenoxy) is 2. The third-order valence-electron chi connectivity index (χ3n) is 11.3. The number of phenols is 1. The van der Waals surface area contributed by atoms with E-state index in [1.165, 1.54) is 5.69 Å². The van der Waals surface area contributed by atoms with Crippen molar-refractivity contribution in [3.05, 3.63) is 112 Å². The van der Waals surface area contributed by atoms with Gasteiger partial charge in [-0.2, -0.15) is 0 Å². The number of halogens is 1. The minimum Gasteiger partial charge on any atom is -0.508 e. The number of hydrogen-bond donors (Lipinski definition) is 1. The molecule has 0 spiro atoms. The normalized spacial score (nSPS) is 21.2. The van der Waals surface area contributed by atoms with Gasteiger partial charge >= 0.3 is 0 Å². The van der Waals surface area contributed by atoms with E-state index in [1.807, 2.05) is 43.4 Å². The Morgan fingerprint density at radius 2 is 1.70 bits per heavy atom. The number of methoxy groups -OCH3 is 1. The summed E-state index contributed by atoms with van der Waals surface area (Å²) in [4.78, 5) is 21.3. The van der Waals surface area contributed by atoms with E-state index in [0.29, 0.717) is 30.5 Å². The predicted octanol–water partition coefficient (Wildman–Crippen LogP) is 6.47. The van der Waals surface area contributed by atoms with Gasteiger partial charge in [-0.1, -0.05) is 24.3 Å². The zero-order valence-corrected chi connectivity index (χ0v) is 28.9. The zero-order chi connectivity index (χ0) is 34.4. The molecule has 50 heavy (non-hydrogen) atoms. The van der Waals surface area contributed by atoms with Gasteiger partial charge in [0, 0.05) is 94.1 Å². The second-order valence-corrected chi connectivity index (χ2v) is 14.3. The first-order valence-electron chi connectivity index (χ1n) is 17.8. The van der Waals surface area contributed by atoms with Crippen LogP contribution in [-0.2, 0) is 6.54 Å². The number of rotatable bonds is 7. The molecule has 8 nitrogen and oxygen atoms in total. The Labute approximate surface area is 293 Å². The van der Waals surface area contributed by atoms with E-state index < -0.39 is 0 Å². The molecular weight excluding hydrogens is 631 g/mol. The van der Waals surface area contributed by atoms with Gasteiger partial charge in [0.1, 0.15) is 23.1 Å². The number of nitrogens with zero attached hydrogens (tertiary/aromatic N) is 4. The maximum absolute atomic E-state index is 16.1. The highest BCUT2D eigenvalue weighted by molar-refractivity contribution is 5.98. The molecule has 0 radical (unpaired) electrons.